The number of hydrogen-bond donors (Lipinski definition) is 3. The van der Waals surface area contributed by atoms with Gasteiger partial charge in [0.05, 0.1) is 12.2 Å². The second-order valence-corrected chi connectivity index (χ2v) is 11.0. The Balaban J connectivity index is 1.83. The Morgan fingerprint density at radius 2 is 1.84 bits per heavy atom. The van der Waals surface area contributed by atoms with E-state index in [1.54, 1.807) is 20.8 Å². The van der Waals surface area contributed by atoms with Crippen LogP contribution in [0, 0.1) is 20.8 Å². The molecule has 0 radical (unpaired) electrons. The van der Waals surface area contributed by atoms with Gasteiger partial charge in [-0.05, 0) is 32.4 Å². The van der Waals surface area contributed by atoms with E-state index in [1.807, 2.05) is 19.9 Å². The molecule has 1 atom stereocenters. The van der Waals surface area contributed by atoms with E-state index in [2.05, 4.69) is 19.4 Å². The van der Waals surface area contributed by atoms with Crippen LogP contribution >= 0.6 is 11.3 Å². The highest BCUT2D eigenvalue weighted by Crippen LogP contribution is 2.43. The Morgan fingerprint density at radius 1 is 1.19 bits per heavy atom. The number of sulfonamides is 1. The third-order valence-corrected chi connectivity index (χ3v) is 9.07. The summed E-state index contributed by atoms with van der Waals surface area (Å²) in [6.07, 6.45) is 0. The van der Waals surface area contributed by atoms with Gasteiger partial charge in [0, 0.05) is 18.0 Å². The van der Waals surface area contributed by atoms with Gasteiger partial charge in [-0.2, -0.15) is 4.31 Å². The fourth-order valence-corrected chi connectivity index (χ4v) is 6.73. The maximum atomic E-state index is 12.8. The molecule has 0 bridgehead atoms. The molecule has 3 rings (SSSR count). The number of hydrogen-bond acceptors (Lipinski definition) is 8. The number of amidine groups is 2. The summed E-state index contributed by atoms with van der Waals surface area (Å²) in [7, 11) is -3.84. The van der Waals surface area contributed by atoms with E-state index in [1.165, 1.54) is 4.31 Å². The van der Waals surface area contributed by atoms with Crippen LogP contribution in [-0.4, -0.2) is 46.8 Å². The van der Waals surface area contributed by atoms with Gasteiger partial charge < -0.3 is 20.2 Å². The van der Waals surface area contributed by atoms with Crippen molar-refractivity contribution in [3.05, 3.63) is 28.0 Å². The van der Waals surface area contributed by atoms with E-state index in [9.17, 15) is 17.7 Å². The zero-order chi connectivity index (χ0) is 22.9. The lowest BCUT2D eigenvalue weighted by Crippen LogP contribution is -2.33. The largest absolute Gasteiger partial charge is 0.504 e. The van der Waals surface area contributed by atoms with Gasteiger partial charge in [0.15, 0.2) is 21.6 Å². The molecule has 170 valence electrons. The minimum Gasteiger partial charge on any atom is -0.504 e. The van der Waals surface area contributed by atoms with Crippen molar-refractivity contribution in [3.8, 4) is 5.75 Å². The molecule has 3 N–H and O–H groups in total. The average molecular weight is 488 g/mol. The molecule has 0 saturated carbocycles. The fraction of sp³-hybridized carbons (Fsp3) is 0.444. The lowest BCUT2D eigenvalue weighted by molar-refractivity contribution is 0.434. The summed E-state index contributed by atoms with van der Waals surface area (Å²) in [6.45, 7) is 9.81. The van der Waals surface area contributed by atoms with Gasteiger partial charge in [0.2, 0.25) is 0 Å². The predicted octanol–water partition coefficient (Wildman–Crippen LogP) is 2.59. The predicted molar refractivity (Wildman–Crippen MR) is 122 cm³/mol. The summed E-state index contributed by atoms with van der Waals surface area (Å²) < 4.78 is 52.2. The first-order valence-electron chi connectivity index (χ1n) is 9.57. The van der Waals surface area contributed by atoms with Crippen LogP contribution in [0.25, 0.3) is 0 Å². The Morgan fingerprint density at radius 3 is 2.42 bits per heavy atom. The van der Waals surface area contributed by atoms with Crippen molar-refractivity contribution in [3.63, 3.8) is 0 Å². The van der Waals surface area contributed by atoms with E-state index in [0.29, 0.717) is 17.2 Å². The van der Waals surface area contributed by atoms with Crippen molar-refractivity contribution in [2.45, 2.75) is 45.4 Å². The minimum absolute atomic E-state index is 0.140. The van der Waals surface area contributed by atoms with Crippen LogP contribution in [0.5, 0.6) is 5.75 Å². The fourth-order valence-electron chi connectivity index (χ4n) is 3.00. The number of furan rings is 1. The number of nitrogens with one attached hydrogen (secondary N) is 2. The number of thiophene rings is 1. The van der Waals surface area contributed by atoms with Crippen LogP contribution in [0.15, 0.2) is 23.5 Å². The zero-order valence-corrected chi connectivity index (χ0v) is 20.3. The minimum atomic E-state index is -3.84. The van der Waals surface area contributed by atoms with Crippen LogP contribution in [0.2, 0.25) is 0 Å². The second kappa shape index (κ2) is 9.10. The molecule has 2 aromatic rings. The number of anilines is 1. The van der Waals surface area contributed by atoms with Gasteiger partial charge in [-0.25, -0.2) is 12.6 Å². The van der Waals surface area contributed by atoms with E-state index < -0.39 is 26.9 Å². The molecule has 0 spiro atoms. The Hall–Kier alpha value is -2.22. The third kappa shape index (κ3) is 4.68. The molecule has 1 unspecified atom stereocenters. The number of nitrogens with zero attached hydrogens (tertiary/aromatic N) is 3. The highest BCUT2D eigenvalue weighted by atomic mass is 32.2. The second-order valence-electron chi connectivity index (χ2n) is 6.80. The molecule has 13 heteroatoms. The Kier molecular flexibility index (Phi) is 6.88. The Bertz CT molecular complexity index is 1160. The van der Waals surface area contributed by atoms with Gasteiger partial charge in [-0.1, -0.05) is 13.8 Å². The molecular weight excluding hydrogens is 462 g/mol. The molecular formula is C18H25N5O5S3. The summed E-state index contributed by atoms with van der Waals surface area (Å²) in [4.78, 5) is 0.542. The highest BCUT2D eigenvalue weighted by molar-refractivity contribution is 7.91. The number of rotatable bonds is 7. The summed E-state index contributed by atoms with van der Waals surface area (Å²) in [5, 5.41) is 16.6. The van der Waals surface area contributed by atoms with E-state index in [0.717, 1.165) is 22.7 Å². The molecule has 31 heavy (non-hydrogen) atoms. The van der Waals surface area contributed by atoms with Gasteiger partial charge in [-0.15, -0.1) is 20.1 Å². The molecule has 2 aromatic heterocycles. The van der Waals surface area contributed by atoms with E-state index in [-0.39, 0.29) is 34.7 Å². The summed E-state index contributed by atoms with van der Waals surface area (Å²) in [5.74, 6) is 1.45. The molecule has 0 aromatic carbocycles. The first kappa shape index (κ1) is 23.4. The van der Waals surface area contributed by atoms with Crippen molar-refractivity contribution >= 4 is 49.9 Å². The van der Waals surface area contributed by atoms with Crippen LogP contribution in [0.4, 0.5) is 5.69 Å². The average Bonchev–Trinajstić information content (AvgIpc) is 3.32. The van der Waals surface area contributed by atoms with Crippen molar-refractivity contribution in [1.82, 2.24) is 9.62 Å². The van der Waals surface area contributed by atoms with Crippen molar-refractivity contribution in [1.29, 1.82) is 0 Å². The van der Waals surface area contributed by atoms with Gasteiger partial charge in [0.1, 0.15) is 11.5 Å². The summed E-state index contributed by atoms with van der Waals surface area (Å²) in [6, 6.07) is 1.89. The highest BCUT2D eigenvalue weighted by Gasteiger charge is 2.31. The molecule has 3 heterocycles. The SMILES string of the molecule is CCN(CC)S(=O)(=O)c1sc(C)c(NC2=NS(=O)N=C2NCc2cc(C)c(C)o2)c1O. The van der Waals surface area contributed by atoms with Crippen LogP contribution in [0.3, 0.4) is 0 Å². The van der Waals surface area contributed by atoms with Gasteiger partial charge in [0.25, 0.3) is 21.2 Å². The van der Waals surface area contributed by atoms with Crippen molar-refractivity contribution < 1.29 is 22.2 Å². The molecule has 0 fully saturated rings. The molecule has 0 amide bonds. The Labute approximate surface area is 187 Å². The lowest BCUT2D eigenvalue weighted by atomic mass is 10.3. The smallest absolute Gasteiger partial charge is 0.269 e. The molecule has 1 aliphatic rings. The molecule has 0 aliphatic carbocycles. The first-order chi connectivity index (χ1) is 14.6. The van der Waals surface area contributed by atoms with Crippen LogP contribution in [-0.2, 0) is 27.7 Å². The topological polar surface area (TPSA) is 137 Å². The van der Waals surface area contributed by atoms with Crippen LogP contribution in [0.1, 0.15) is 35.8 Å². The molecule has 1 aliphatic heterocycles. The molecule has 10 nitrogen and oxygen atoms in total. The normalized spacial score (nSPS) is 16.5. The van der Waals surface area contributed by atoms with Gasteiger partial charge >= 0.3 is 0 Å². The van der Waals surface area contributed by atoms with E-state index >= 15 is 0 Å². The zero-order valence-electron chi connectivity index (χ0n) is 17.8. The standard InChI is InChI=1S/C18H25N5O5S3/c1-6-23(7-2)31(26,27)18-15(24)14(12(5)29-18)20-17-16(21-30(25)22-17)19-9-13-8-10(3)11(4)28-13/h8,24H,6-7,9H2,1-5H3,(H,19,21)(H,20,22). The first-order valence-corrected chi connectivity index (χ1v) is 12.9. The van der Waals surface area contributed by atoms with Crippen molar-refractivity contribution in [2.24, 2.45) is 8.80 Å². The quantitative estimate of drug-likeness (QED) is 0.546. The maximum Gasteiger partial charge on any atom is 0.269 e. The van der Waals surface area contributed by atoms with E-state index in [4.69, 9.17) is 4.42 Å². The number of aryl methyl sites for hydroxylation is 3. The monoisotopic (exact) mass is 487 g/mol. The van der Waals surface area contributed by atoms with Crippen LogP contribution < -0.4 is 10.6 Å². The summed E-state index contributed by atoms with van der Waals surface area (Å²) >= 11 is -0.873. The maximum absolute atomic E-state index is 12.8. The van der Waals surface area contributed by atoms with Gasteiger partial charge in [-0.3, -0.25) is 0 Å². The summed E-state index contributed by atoms with van der Waals surface area (Å²) in [5.41, 5.74) is 1.20. The number of aromatic hydroxyl groups is 1. The lowest BCUT2D eigenvalue weighted by Gasteiger charge is -2.17. The molecule has 0 saturated heterocycles. The third-order valence-electron chi connectivity index (χ3n) is 4.76. The van der Waals surface area contributed by atoms with Crippen molar-refractivity contribution in [2.75, 3.05) is 18.4 Å².